The third-order valence-electron chi connectivity index (χ3n) is 4.21. The fourth-order valence-electron chi connectivity index (χ4n) is 2.56. The molecule has 0 bridgehead atoms. The van der Waals surface area contributed by atoms with Crippen LogP contribution in [-0.4, -0.2) is 34.3 Å². The topological polar surface area (TPSA) is 114 Å². The number of aromatic nitrogens is 3. The van der Waals surface area contributed by atoms with Crippen LogP contribution in [0.4, 0.5) is 5.69 Å². The Labute approximate surface area is 177 Å². The summed E-state index contributed by atoms with van der Waals surface area (Å²) >= 11 is 7.29. The van der Waals surface area contributed by atoms with E-state index < -0.39 is 16.0 Å². The maximum absolute atomic E-state index is 13.1. The molecular formula is C18H17ClN4O4S2. The molecule has 0 aliphatic heterocycles. The van der Waals surface area contributed by atoms with Crippen LogP contribution in [0.3, 0.4) is 0 Å². The highest BCUT2D eigenvalue weighted by atomic mass is 35.5. The van der Waals surface area contributed by atoms with Crippen LogP contribution in [0.5, 0.6) is 0 Å². The van der Waals surface area contributed by atoms with Crippen molar-refractivity contribution >= 4 is 45.0 Å². The van der Waals surface area contributed by atoms with Gasteiger partial charge in [-0.15, -0.1) is 10.2 Å². The van der Waals surface area contributed by atoms with Crippen LogP contribution in [0.25, 0.3) is 0 Å². The molecule has 11 heteroatoms. The quantitative estimate of drug-likeness (QED) is 0.585. The van der Waals surface area contributed by atoms with Gasteiger partial charge in [0.1, 0.15) is 6.33 Å². The van der Waals surface area contributed by atoms with Crippen molar-refractivity contribution in [3.05, 3.63) is 58.4 Å². The SMILES string of the molecule is Cc1cc(C(=O)O)cc(S(=O)(=O)Nc2cc(Cl)ccc2Sc2nncn2C)c1C. The number of hydrogen-bond acceptors (Lipinski definition) is 6. The van der Waals surface area contributed by atoms with Gasteiger partial charge in [0.25, 0.3) is 10.0 Å². The van der Waals surface area contributed by atoms with Crippen molar-refractivity contribution in [3.63, 3.8) is 0 Å². The molecule has 3 rings (SSSR count). The van der Waals surface area contributed by atoms with Gasteiger partial charge in [0.15, 0.2) is 5.16 Å². The zero-order chi connectivity index (χ0) is 21.3. The van der Waals surface area contributed by atoms with Gasteiger partial charge in [0.05, 0.1) is 16.1 Å². The van der Waals surface area contributed by atoms with E-state index in [1.165, 1.54) is 30.2 Å². The monoisotopic (exact) mass is 452 g/mol. The summed E-state index contributed by atoms with van der Waals surface area (Å²) in [5, 5.41) is 18.0. The molecule has 0 saturated heterocycles. The average Bonchev–Trinajstić information content (AvgIpc) is 3.03. The molecule has 0 saturated carbocycles. The number of aryl methyl sites for hydroxylation is 2. The summed E-state index contributed by atoms with van der Waals surface area (Å²) in [5.41, 5.74) is 1.17. The molecule has 0 aliphatic carbocycles. The number of nitrogens with zero attached hydrogens (tertiary/aromatic N) is 3. The molecule has 0 aliphatic rings. The Balaban J connectivity index is 2.05. The van der Waals surface area contributed by atoms with Crippen molar-refractivity contribution in [2.24, 2.45) is 7.05 Å². The van der Waals surface area contributed by atoms with Crippen LogP contribution in [0.15, 0.2) is 51.6 Å². The Bertz CT molecular complexity index is 1210. The summed E-state index contributed by atoms with van der Waals surface area (Å²) in [4.78, 5) is 11.8. The van der Waals surface area contributed by atoms with Crippen LogP contribution in [0.1, 0.15) is 21.5 Å². The standard InChI is InChI=1S/C18H17ClN4O4S2/c1-10-6-12(17(24)25)7-16(11(10)2)29(26,27)22-14-8-13(19)4-5-15(14)28-18-21-20-9-23(18)3/h4-9,22H,1-3H3,(H,24,25). The summed E-state index contributed by atoms with van der Waals surface area (Å²) in [6, 6.07) is 7.38. The van der Waals surface area contributed by atoms with Gasteiger partial charge in [-0.3, -0.25) is 4.72 Å². The van der Waals surface area contributed by atoms with Crippen LogP contribution in [-0.2, 0) is 17.1 Å². The Kier molecular flexibility index (Phi) is 5.87. The smallest absolute Gasteiger partial charge is 0.335 e. The molecule has 1 heterocycles. The van der Waals surface area contributed by atoms with Crippen molar-refractivity contribution in [3.8, 4) is 0 Å². The van der Waals surface area contributed by atoms with E-state index in [2.05, 4.69) is 14.9 Å². The highest BCUT2D eigenvalue weighted by Crippen LogP contribution is 2.35. The Morgan fingerprint density at radius 2 is 1.97 bits per heavy atom. The summed E-state index contributed by atoms with van der Waals surface area (Å²) in [6.07, 6.45) is 1.53. The Morgan fingerprint density at radius 3 is 2.59 bits per heavy atom. The number of carboxylic acid groups (broad SMARTS) is 1. The first-order valence-electron chi connectivity index (χ1n) is 8.27. The first kappa shape index (κ1) is 21.2. The molecule has 2 aromatic carbocycles. The van der Waals surface area contributed by atoms with E-state index in [0.29, 0.717) is 26.2 Å². The van der Waals surface area contributed by atoms with Crippen LogP contribution in [0, 0.1) is 13.8 Å². The summed E-state index contributed by atoms with van der Waals surface area (Å²) < 4.78 is 30.4. The zero-order valence-corrected chi connectivity index (χ0v) is 18.1. The van der Waals surface area contributed by atoms with E-state index >= 15 is 0 Å². The largest absolute Gasteiger partial charge is 0.478 e. The van der Waals surface area contributed by atoms with Crippen LogP contribution >= 0.6 is 23.4 Å². The maximum atomic E-state index is 13.1. The van der Waals surface area contributed by atoms with Gasteiger partial charge < -0.3 is 9.67 Å². The molecule has 8 nitrogen and oxygen atoms in total. The Hall–Kier alpha value is -2.56. The minimum atomic E-state index is -4.08. The van der Waals surface area contributed by atoms with Gasteiger partial charge in [0.2, 0.25) is 0 Å². The fourth-order valence-corrected chi connectivity index (χ4v) is 5.05. The highest BCUT2D eigenvalue weighted by molar-refractivity contribution is 7.99. The predicted molar refractivity (Wildman–Crippen MR) is 110 cm³/mol. The highest BCUT2D eigenvalue weighted by Gasteiger charge is 2.22. The average molecular weight is 453 g/mol. The molecule has 0 atom stereocenters. The van der Waals surface area contributed by atoms with Crippen molar-refractivity contribution < 1.29 is 18.3 Å². The number of carbonyl (C=O) groups is 1. The van der Waals surface area contributed by atoms with E-state index in [4.69, 9.17) is 11.6 Å². The summed E-state index contributed by atoms with van der Waals surface area (Å²) in [7, 11) is -2.31. The fraction of sp³-hybridized carbons (Fsp3) is 0.167. The molecule has 0 amide bonds. The first-order valence-corrected chi connectivity index (χ1v) is 10.9. The number of halogens is 1. The van der Waals surface area contributed by atoms with E-state index in [9.17, 15) is 18.3 Å². The van der Waals surface area contributed by atoms with Crippen LogP contribution in [0.2, 0.25) is 5.02 Å². The number of hydrogen-bond donors (Lipinski definition) is 2. The second kappa shape index (κ2) is 8.05. The number of rotatable bonds is 6. The summed E-state index contributed by atoms with van der Waals surface area (Å²) in [6.45, 7) is 3.29. The number of carboxylic acids is 1. The Morgan fingerprint density at radius 1 is 1.24 bits per heavy atom. The number of sulfonamides is 1. The lowest BCUT2D eigenvalue weighted by Crippen LogP contribution is -2.16. The molecule has 0 radical (unpaired) electrons. The molecule has 2 N–H and O–H groups in total. The molecule has 0 spiro atoms. The van der Waals surface area contributed by atoms with E-state index in [0.717, 1.165) is 6.07 Å². The second-order valence-electron chi connectivity index (χ2n) is 6.29. The number of nitrogens with one attached hydrogen (secondary N) is 1. The molecule has 29 heavy (non-hydrogen) atoms. The number of anilines is 1. The first-order chi connectivity index (χ1) is 13.6. The molecular weight excluding hydrogens is 436 g/mol. The van der Waals surface area contributed by atoms with E-state index in [-0.39, 0.29) is 16.1 Å². The third-order valence-corrected chi connectivity index (χ3v) is 7.07. The molecule has 1 aromatic heterocycles. The minimum Gasteiger partial charge on any atom is -0.478 e. The van der Waals surface area contributed by atoms with Gasteiger partial charge in [-0.2, -0.15) is 0 Å². The number of aromatic carboxylic acids is 1. The van der Waals surface area contributed by atoms with Gasteiger partial charge >= 0.3 is 5.97 Å². The van der Waals surface area contributed by atoms with E-state index in [1.807, 2.05) is 0 Å². The molecule has 0 unspecified atom stereocenters. The van der Waals surface area contributed by atoms with Gasteiger partial charge in [-0.1, -0.05) is 11.6 Å². The minimum absolute atomic E-state index is 0.103. The van der Waals surface area contributed by atoms with Crippen molar-refractivity contribution in [2.75, 3.05) is 4.72 Å². The molecule has 3 aromatic rings. The lowest BCUT2D eigenvalue weighted by Gasteiger charge is -2.15. The van der Waals surface area contributed by atoms with Crippen molar-refractivity contribution in [2.45, 2.75) is 28.8 Å². The van der Waals surface area contributed by atoms with Gasteiger partial charge in [-0.05, 0) is 67.1 Å². The second-order valence-corrected chi connectivity index (χ2v) is 9.39. The lowest BCUT2D eigenvalue weighted by molar-refractivity contribution is 0.0696. The maximum Gasteiger partial charge on any atom is 0.335 e. The normalized spacial score (nSPS) is 11.4. The van der Waals surface area contributed by atoms with Gasteiger partial charge in [0, 0.05) is 17.0 Å². The van der Waals surface area contributed by atoms with E-state index in [1.54, 1.807) is 37.6 Å². The van der Waals surface area contributed by atoms with Crippen molar-refractivity contribution in [1.29, 1.82) is 0 Å². The summed E-state index contributed by atoms with van der Waals surface area (Å²) in [5.74, 6) is -1.20. The van der Waals surface area contributed by atoms with Crippen molar-refractivity contribution in [1.82, 2.24) is 14.8 Å². The van der Waals surface area contributed by atoms with Crippen LogP contribution < -0.4 is 4.72 Å². The van der Waals surface area contributed by atoms with Gasteiger partial charge in [-0.25, -0.2) is 13.2 Å². The lowest BCUT2D eigenvalue weighted by atomic mass is 10.1. The third kappa shape index (κ3) is 4.55. The zero-order valence-electron chi connectivity index (χ0n) is 15.7. The molecule has 0 fully saturated rings. The molecule has 152 valence electrons. The number of benzene rings is 2. The predicted octanol–water partition coefficient (Wildman–Crippen LogP) is 3.74.